The minimum absolute atomic E-state index is 0.0452. The largest absolute Gasteiger partial charge is 0.497 e. The number of carbonyl (C=O) groups is 1. The van der Waals surface area contributed by atoms with Crippen molar-refractivity contribution in [3.05, 3.63) is 53.0 Å². The van der Waals surface area contributed by atoms with Crippen LogP contribution in [0, 0.1) is 0 Å². The maximum absolute atomic E-state index is 11.3. The van der Waals surface area contributed by atoms with E-state index >= 15 is 0 Å². The van der Waals surface area contributed by atoms with E-state index in [9.17, 15) is 4.79 Å². The Balaban J connectivity index is 1.57. The summed E-state index contributed by atoms with van der Waals surface area (Å²) >= 11 is 1.43. The monoisotopic (exact) mass is 369 g/mol. The van der Waals surface area contributed by atoms with E-state index in [0.29, 0.717) is 18.8 Å². The van der Waals surface area contributed by atoms with Gasteiger partial charge in [0.05, 0.1) is 20.3 Å². The Morgan fingerprint density at radius 2 is 2.12 bits per heavy atom. The molecule has 26 heavy (non-hydrogen) atoms. The van der Waals surface area contributed by atoms with E-state index in [1.165, 1.54) is 11.3 Å². The maximum Gasteiger partial charge on any atom is 0.268 e. The van der Waals surface area contributed by atoms with E-state index in [-0.39, 0.29) is 6.10 Å². The number of hydrogen-bond acceptors (Lipinski definition) is 6. The highest BCUT2D eigenvalue weighted by atomic mass is 32.1. The van der Waals surface area contributed by atoms with Crippen molar-refractivity contribution in [2.75, 3.05) is 31.7 Å². The molecule has 0 unspecified atom stereocenters. The van der Waals surface area contributed by atoms with Crippen molar-refractivity contribution in [2.24, 2.45) is 5.73 Å². The molecule has 0 aliphatic carbocycles. The van der Waals surface area contributed by atoms with Gasteiger partial charge in [0, 0.05) is 11.9 Å². The Kier molecular flexibility index (Phi) is 4.48. The van der Waals surface area contributed by atoms with Crippen LogP contribution < -0.4 is 15.4 Å². The van der Waals surface area contributed by atoms with Gasteiger partial charge in [-0.3, -0.25) is 4.79 Å². The summed E-state index contributed by atoms with van der Waals surface area (Å²) in [5, 5.41) is 4.78. The molecule has 0 bridgehead atoms. The Bertz CT molecular complexity index is 956. The number of thiazole rings is 1. The van der Waals surface area contributed by atoms with E-state index in [2.05, 4.69) is 34.1 Å². The molecule has 2 heterocycles. The predicted molar refractivity (Wildman–Crippen MR) is 102 cm³/mol. The lowest BCUT2D eigenvalue weighted by atomic mass is 10.0. The number of carbonyl (C=O) groups excluding carboxylic acids is 1. The molecule has 1 amide bonds. The van der Waals surface area contributed by atoms with E-state index in [1.54, 1.807) is 12.5 Å². The molecule has 1 aliphatic rings. The summed E-state index contributed by atoms with van der Waals surface area (Å²) < 4.78 is 11.3. The van der Waals surface area contributed by atoms with Crippen molar-refractivity contribution >= 4 is 33.1 Å². The number of ether oxygens (including phenoxy) is 2. The highest BCUT2D eigenvalue weighted by Gasteiger charge is 2.24. The number of methoxy groups -OCH3 is 1. The zero-order valence-corrected chi connectivity index (χ0v) is 15.2. The van der Waals surface area contributed by atoms with Crippen molar-refractivity contribution in [3.8, 4) is 5.75 Å². The number of fused-ring (bicyclic) bond motifs is 1. The fourth-order valence-corrected chi connectivity index (χ4v) is 3.97. The lowest BCUT2D eigenvalue weighted by molar-refractivity contribution is 0.0398. The normalized spacial score (nSPS) is 17.4. The van der Waals surface area contributed by atoms with Crippen LogP contribution in [0.4, 0.5) is 5.13 Å². The third-order valence-electron chi connectivity index (χ3n) is 4.52. The molecule has 1 fully saturated rings. The standard InChI is InChI=1S/C19H19N3O3S/c1-24-15-5-4-12-8-14(3-2-13(12)9-15)17-10-22(6-7-25-17)19-21-16(11-26-19)18(20)23/h2-5,8-9,11,17H,6-7,10H2,1H3,(H2,20,23)/t17-/m0/s1. The van der Waals surface area contributed by atoms with Crippen molar-refractivity contribution in [1.29, 1.82) is 0 Å². The Hall–Kier alpha value is -2.64. The van der Waals surface area contributed by atoms with Crippen LogP contribution in [0.15, 0.2) is 41.8 Å². The quantitative estimate of drug-likeness (QED) is 0.765. The highest BCUT2D eigenvalue weighted by Crippen LogP contribution is 2.30. The molecule has 2 aromatic carbocycles. The number of nitrogens with zero attached hydrogens (tertiary/aromatic N) is 2. The summed E-state index contributed by atoms with van der Waals surface area (Å²) in [6.07, 6.45) is -0.0452. The topological polar surface area (TPSA) is 77.7 Å². The summed E-state index contributed by atoms with van der Waals surface area (Å²) in [6.45, 7) is 2.04. The number of hydrogen-bond donors (Lipinski definition) is 1. The molecule has 0 radical (unpaired) electrons. The van der Waals surface area contributed by atoms with Crippen LogP contribution in [0.3, 0.4) is 0 Å². The van der Waals surface area contributed by atoms with Crippen LogP contribution in [-0.2, 0) is 4.74 Å². The fraction of sp³-hybridized carbons (Fsp3) is 0.263. The smallest absolute Gasteiger partial charge is 0.268 e. The maximum atomic E-state index is 11.3. The van der Waals surface area contributed by atoms with Gasteiger partial charge in [-0.25, -0.2) is 4.98 Å². The Morgan fingerprint density at radius 3 is 2.88 bits per heavy atom. The molecule has 3 aromatic rings. The van der Waals surface area contributed by atoms with Gasteiger partial charge in [-0.05, 0) is 34.5 Å². The molecule has 134 valence electrons. The van der Waals surface area contributed by atoms with Crippen molar-refractivity contribution < 1.29 is 14.3 Å². The second-order valence-corrected chi connectivity index (χ2v) is 6.99. The molecule has 2 N–H and O–H groups in total. The van der Waals surface area contributed by atoms with Gasteiger partial charge in [0.2, 0.25) is 0 Å². The summed E-state index contributed by atoms with van der Waals surface area (Å²) in [6, 6.07) is 12.4. The number of primary amides is 1. The van der Waals surface area contributed by atoms with E-state index in [0.717, 1.165) is 33.8 Å². The van der Waals surface area contributed by atoms with E-state index in [4.69, 9.17) is 15.2 Å². The van der Waals surface area contributed by atoms with Gasteiger partial charge >= 0.3 is 0 Å². The number of anilines is 1. The van der Waals surface area contributed by atoms with Crippen molar-refractivity contribution in [2.45, 2.75) is 6.10 Å². The van der Waals surface area contributed by atoms with Gasteiger partial charge in [-0.1, -0.05) is 18.2 Å². The average Bonchev–Trinajstić information content (AvgIpc) is 3.18. The molecular formula is C19H19N3O3S. The number of amides is 1. The van der Waals surface area contributed by atoms with Gasteiger partial charge in [-0.15, -0.1) is 11.3 Å². The first-order valence-corrected chi connectivity index (χ1v) is 9.21. The first-order chi connectivity index (χ1) is 12.6. The zero-order valence-electron chi connectivity index (χ0n) is 14.3. The molecule has 1 saturated heterocycles. The summed E-state index contributed by atoms with van der Waals surface area (Å²) in [4.78, 5) is 17.7. The van der Waals surface area contributed by atoms with Gasteiger partial charge in [0.25, 0.3) is 5.91 Å². The zero-order chi connectivity index (χ0) is 18.1. The first-order valence-electron chi connectivity index (χ1n) is 8.33. The fourth-order valence-electron chi connectivity index (χ4n) is 3.12. The lowest BCUT2D eigenvalue weighted by Gasteiger charge is -2.33. The van der Waals surface area contributed by atoms with Crippen LogP contribution in [0.2, 0.25) is 0 Å². The second-order valence-electron chi connectivity index (χ2n) is 6.16. The molecule has 6 nitrogen and oxygen atoms in total. The van der Waals surface area contributed by atoms with Crippen molar-refractivity contribution in [3.63, 3.8) is 0 Å². The Labute approximate surface area is 155 Å². The Morgan fingerprint density at radius 1 is 1.31 bits per heavy atom. The molecule has 1 atom stereocenters. The van der Waals surface area contributed by atoms with Crippen molar-refractivity contribution in [1.82, 2.24) is 4.98 Å². The number of benzene rings is 2. The minimum atomic E-state index is -0.498. The lowest BCUT2D eigenvalue weighted by Crippen LogP contribution is -2.38. The number of rotatable bonds is 4. The predicted octanol–water partition coefficient (Wildman–Crippen LogP) is 2.98. The van der Waals surface area contributed by atoms with Crippen LogP contribution in [-0.4, -0.2) is 37.7 Å². The van der Waals surface area contributed by atoms with Crippen LogP contribution in [0.25, 0.3) is 10.8 Å². The molecule has 1 aromatic heterocycles. The van der Waals surface area contributed by atoms with Crippen LogP contribution in [0.1, 0.15) is 22.2 Å². The summed E-state index contributed by atoms with van der Waals surface area (Å²) in [5.41, 5.74) is 6.74. The average molecular weight is 369 g/mol. The molecule has 0 saturated carbocycles. The summed E-state index contributed by atoms with van der Waals surface area (Å²) in [5.74, 6) is 0.349. The molecule has 1 aliphatic heterocycles. The molecule has 4 rings (SSSR count). The molecular weight excluding hydrogens is 350 g/mol. The number of nitrogens with two attached hydrogens (primary N) is 1. The second kappa shape index (κ2) is 6.93. The third-order valence-corrected chi connectivity index (χ3v) is 5.43. The van der Waals surface area contributed by atoms with Gasteiger partial charge < -0.3 is 20.1 Å². The molecule has 0 spiro atoms. The highest BCUT2D eigenvalue weighted by molar-refractivity contribution is 7.13. The third kappa shape index (κ3) is 3.23. The number of aromatic nitrogens is 1. The molecule has 7 heteroatoms. The summed E-state index contributed by atoms with van der Waals surface area (Å²) in [7, 11) is 1.67. The van der Waals surface area contributed by atoms with Crippen LogP contribution >= 0.6 is 11.3 Å². The van der Waals surface area contributed by atoms with Gasteiger partial charge in [0.1, 0.15) is 17.5 Å². The van der Waals surface area contributed by atoms with E-state index in [1.807, 2.05) is 12.1 Å². The minimum Gasteiger partial charge on any atom is -0.497 e. The first kappa shape index (κ1) is 16.8. The van der Waals surface area contributed by atoms with E-state index < -0.39 is 5.91 Å². The number of morpholine rings is 1. The van der Waals surface area contributed by atoms with Gasteiger partial charge in [-0.2, -0.15) is 0 Å². The van der Waals surface area contributed by atoms with Gasteiger partial charge in [0.15, 0.2) is 5.13 Å². The van der Waals surface area contributed by atoms with Crippen LogP contribution in [0.5, 0.6) is 5.75 Å². The SMILES string of the molecule is COc1ccc2cc([C@@H]3CN(c4nc(C(N)=O)cs4)CCO3)ccc2c1.